The van der Waals surface area contributed by atoms with Gasteiger partial charge in [0.1, 0.15) is 0 Å². The average Bonchev–Trinajstić information content (AvgIpc) is 2.46. The first-order valence-electron chi connectivity index (χ1n) is 8.36. The summed E-state index contributed by atoms with van der Waals surface area (Å²) < 4.78 is 6.06. The van der Waals surface area contributed by atoms with Crippen molar-refractivity contribution in [2.75, 3.05) is 32.8 Å². The highest BCUT2D eigenvalue weighted by Gasteiger charge is 2.44. The van der Waals surface area contributed by atoms with Crippen molar-refractivity contribution in [3.8, 4) is 0 Å². The van der Waals surface area contributed by atoms with Crippen LogP contribution in [0, 0.1) is 0 Å². The first kappa shape index (κ1) is 15.7. The average molecular weight is 311 g/mol. The second kappa shape index (κ2) is 5.76. The molecular weight excluding hydrogens is 282 g/mol. The minimum Gasteiger partial charge on any atom is -0.392 e. The van der Waals surface area contributed by atoms with Crippen LogP contribution in [-0.2, 0) is 4.74 Å². The van der Waals surface area contributed by atoms with Gasteiger partial charge in [0.2, 0.25) is 0 Å². The highest BCUT2D eigenvalue weighted by atomic mass is 32.1. The van der Waals surface area contributed by atoms with Gasteiger partial charge in [0.05, 0.1) is 16.1 Å². The lowest BCUT2D eigenvalue weighted by Crippen LogP contribution is -2.62. The van der Waals surface area contributed by atoms with Crippen LogP contribution in [0.5, 0.6) is 0 Å². The van der Waals surface area contributed by atoms with E-state index in [0.717, 1.165) is 32.8 Å². The lowest BCUT2D eigenvalue weighted by atomic mass is 9.73. The Morgan fingerprint density at radius 3 is 2.43 bits per heavy atom. The summed E-state index contributed by atoms with van der Waals surface area (Å²) in [5, 5.41) is 0. The van der Waals surface area contributed by atoms with Gasteiger partial charge >= 0.3 is 0 Å². The molecule has 4 nitrogen and oxygen atoms in total. The van der Waals surface area contributed by atoms with Gasteiger partial charge in [-0.1, -0.05) is 12.2 Å². The third-order valence-corrected chi connectivity index (χ3v) is 6.46. The van der Waals surface area contributed by atoms with E-state index in [9.17, 15) is 0 Å². The zero-order chi connectivity index (χ0) is 15.1. The quantitative estimate of drug-likeness (QED) is 0.805. The molecule has 2 N–H and O–H groups in total. The highest BCUT2D eigenvalue weighted by molar-refractivity contribution is 7.80. The maximum absolute atomic E-state index is 6.06. The first-order valence-corrected chi connectivity index (χ1v) is 8.77. The zero-order valence-corrected chi connectivity index (χ0v) is 14.3. The predicted octanol–water partition coefficient (Wildman–Crippen LogP) is 1.77. The Bertz CT molecular complexity index is 400. The van der Waals surface area contributed by atoms with Gasteiger partial charge < -0.3 is 10.5 Å². The van der Waals surface area contributed by atoms with E-state index < -0.39 is 0 Å². The van der Waals surface area contributed by atoms with E-state index in [2.05, 4.69) is 23.6 Å². The van der Waals surface area contributed by atoms with E-state index >= 15 is 0 Å². The van der Waals surface area contributed by atoms with Crippen molar-refractivity contribution in [3.05, 3.63) is 0 Å². The second-order valence-electron chi connectivity index (χ2n) is 7.48. The van der Waals surface area contributed by atoms with Crippen molar-refractivity contribution in [1.29, 1.82) is 0 Å². The Morgan fingerprint density at radius 1 is 1.24 bits per heavy atom. The molecule has 2 saturated heterocycles. The van der Waals surface area contributed by atoms with Crippen molar-refractivity contribution in [2.24, 2.45) is 5.73 Å². The molecule has 2 heterocycles. The van der Waals surface area contributed by atoms with E-state index in [1.807, 2.05) is 0 Å². The van der Waals surface area contributed by atoms with E-state index in [4.69, 9.17) is 22.7 Å². The van der Waals surface area contributed by atoms with Crippen LogP contribution in [0.4, 0.5) is 0 Å². The topological polar surface area (TPSA) is 41.7 Å². The zero-order valence-electron chi connectivity index (χ0n) is 13.4. The Labute approximate surface area is 134 Å². The van der Waals surface area contributed by atoms with Crippen LogP contribution >= 0.6 is 12.2 Å². The van der Waals surface area contributed by atoms with Crippen LogP contribution in [0.25, 0.3) is 0 Å². The van der Waals surface area contributed by atoms with Gasteiger partial charge in [-0.05, 0) is 46.0 Å². The molecule has 21 heavy (non-hydrogen) atoms. The summed E-state index contributed by atoms with van der Waals surface area (Å²) >= 11 is 5.23. The molecule has 3 rings (SSSR count). The van der Waals surface area contributed by atoms with Crippen LogP contribution in [0.2, 0.25) is 0 Å². The van der Waals surface area contributed by atoms with Crippen LogP contribution in [-0.4, -0.2) is 64.8 Å². The SMILES string of the molecule is CC(C)(C(N)=S)N1CCN(C2CCOC3(CCC3)C2)CC1. The van der Waals surface area contributed by atoms with Crippen molar-refractivity contribution in [2.45, 2.75) is 63.1 Å². The van der Waals surface area contributed by atoms with Gasteiger partial charge in [-0.2, -0.15) is 0 Å². The molecule has 2 aliphatic heterocycles. The second-order valence-corrected chi connectivity index (χ2v) is 7.92. The summed E-state index contributed by atoms with van der Waals surface area (Å²) in [7, 11) is 0. The standard InChI is InChI=1S/C16H29N3OS/c1-15(2,14(17)21)19-9-7-18(8-10-19)13-4-11-20-16(12-13)5-3-6-16/h13H,3-12H2,1-2H3,(H2,17,21). The van der Waals surface area contributed by atoms with Gasteiger partial charge in [0.15, 0.2) is 0 Å². The Hall–Kier alpha value is -0.230. The molecule has 0 bridgehead atoms. The Balaban J connectivity index is 1.55. The summed E-state index contributed by atoms with van der Waals surface area (Å²) in [4.78, 5) is 5.72. The summed E-state index contributed by atoms with van der Waals surface area (Å²) in [5.41, 5.74) is 5.99. The lowest BCUT2D eigenvalue weighted by molar-refractivity contribution is -0.151. The third-order valence-electron chi connectivity index (χ3n) is 5.96. The van der Waals surface area contributed by atoms with Crippen LogP contribution in [0.3, 0.4) is 0 Å². The molecular formula is C16H29N3OS. The minimum absolute atomic E-state index is 0.160. The monoisotopic (exact) mass is 311 g/mol. The molecule has 1 atom stereocenters. The van der Waals surface area contributed by atoms with Crippen molar-refractivity contribution >= 4 is 17.2 Å². The van der Waals surface area contributed by atoms with Crippen LogP contribution < -0.4 is 5.73 Å². The number of hydrogen-bond donors (Lipinski definition) is 1. The fourth-order valence-corrected chi connectivity index (χ4v) is 4.16. The Morgan fingerprint density at radius 2 is 1.90 bits per heavy atom. The first-order chi connectivity index (χ1) is 9.93. The third kappa shape index (κ3) is 2.98. The molecule has 0 aromatic carbocycles. The minimum atomic E-state index is -0.160. The highest BCUT2D eigenvalue weighted by Crippen LogP contribution is 2.43. The van der Waals surface area contributed by atoms with Crippen LogP contribution in [0.15, 0.2) is 0 Å². The van der Waals surface area contributed by atoms with E-state index in [1.54, 1.807) is 0 Å². The number of ether oxygens (including phenoxy) is 1. The smallest absolute Gasteiger partial charge is 0.0928 e. The summed E-state index contributed by atoms with van der Waals surface area (Å²) in [6.45, 7) is 9.62. The van der Waals surface area contributed by atoms with Gasteiger partial charge in [0.25, 0.3) is 0 Å². The summed E-state index contributed by atoms with van der Waals surface area (Å²) in [6, 6.07) is 0.717. The predicted molar refractivity (Wildman–Crippen MR) is 89.6 cm³/mol. The number of piperazine rings is 1. The summed E-state index contributed by atoms with van der Waals surface area (Å²) in [5.74, 6) is 0. The molecule has 0 amide bonds. The normalized spacial score (nSPS) is 31.0. The number of rotatable bonds is 3. The molecule has 5 heteroatoms. The van der Waals surface area contributed by atoms with E-state index in [1.165, 1.54) is 32.1 Å². The molecule has 0 radical (unpaired) electrons. The number of thiocarbonyl (C=S) groups is 1. The molecule has 1 spiro atoms. The molecule has 120 valence electrons. The lowest BCUT2D eigenvalue weighted by Gasteiger charge is -2.51. The van der Waals surface area contributed by atoms with Crippen LogP contribution in [0.1, 0.15) is 46.0 Å². The maximum Gasteiger partial charge on any atom is 0.0928 e. The number of nitrogens with zero attached hydrogens (tertiary/aromatic N) is 2. The molecule has 1 saturated carbocycles. The molecule has 1 unspecified atom stereocenters. The van der Waals surface area contributed by atoms with E-state index in [-0.39, 0.29) is 11.1 Å². The molecule has 0 aromatic rings. The van der Waals surface area contributed by atoms with Gasteiger partial charge in [-0.15, -0.1) is 0 Å². The number of nitrogens with two attached hydrogens (primary N) is 1. The van der Waals surface area contributed by atoms with Crippen molar-refractivity contribution in [1.82, 2.24) is 9.80 Å². The summed E-state index contributed by atoms with van der Waals surface area (Å²) in [6.07, 6.45) is 6.34. The number of hydrogen-bond acceptors (Lipinski definition) is 4. The van der Waals surface area contributed by atoms with Gasteiger partial charge in [-0.3, -0.25) is 9.80 Å². The maximum atomic E-state index is 6.06. The van der Waals surface area contributed by atoms with Crippen molar-refractivity contribution in [3.63, 3.8) is 0 Å². The largest absolute Gasteiger partial charge is 0.392 e. The Kier molecular flexibility index (Phi) is 4.30. The molecule has 3 fully saturated rings. The molecule has 3 aliphatic rings. The van der Waals surface area contributed by atoms with Crippen molar-refractivity contribution < 1.29 is 4.74 Å². The van der Waals surface area contributed by atoms with Gasteiger partial charge in [0, 0.05) is 38.8 Å². The fourth-order valence-electron chi connectivity index (χ4n) is 4.04. The fraction of sp³-hybridized carbons (Fsp3) is 0.938. The van der Waals surface area contributed by atoms with Gasteiger partial charge in [-0.25, -0.2) is 0 Å². The molecule has 0 aromatic heterocycles. The van der Waals surface area contributed by atoms with E-state index in [0.29, 0.717) is 11.0 Å². The molecule has 1 aliphatic carbocycles.